The summed E-state index contributed by atoms with van der Waals surface area (Å²) in [5.41, 5.74) is 0.144. The Kier molecular flexibility index (Phi) is 4.29. The normalized spacial score (nSPS) is 14.9. The fourth-order valence-corrected chi connectivity index (χ4v) is 2.56. The van der Waals surface area contributed by atoms with Crippen LogP contribution < -0.4 is 9.88 Å². The molecule has 1 aromatic rings. The van der Waals surface area contributed by atoms with Crippen molar-refractivity contribution >= 4 is 16.0 Å². The highest BCUT2D eigenvalue weighted by Gasteiger charge is 2.22. The smallest absolute Gasteiger partial charge is 0.338 e. The van der Waals surface area contributed by atoms with E-state index in [9.17, 15) is 13.2 Å². The second-order valence-corrected chi connectivity index (χ2v) is 6.31. The minimum absolute atomic E-state index is 0.0991. The van der Waals surface area contributed by atoms with Crippen LogP contribution in [0.2, 0.25) is 0 Å². The third-order valence-corrected chi connectivity index (χ3v) is 4.09. The molecule has 0 amide bonds. The summed E-state index contributed by atoms with van der Waals surface area (Å²) in [6, 6.07) is 4.01. The van der Waals surface area contributed by atoms with Crippen molar-refractivity contribution in [1.29, 1.82) is 0 Å². The van der Waals surface area contributed by atoms with E-state index in [1.54, 1.807) is 0 Å². The molecule has 2 rings (SSSR count). The minimum atomic E-state index is -3.96. The SMILES string of the molecule is COc1ccc(C(=O)OCCC2CC2)cc1S(N)(=O)=O. The van der Waals surface area contributed by atoms with Crippen LogP contribution in [0, 0.1) is 5.92 Å². The van der Waals surface area contributed by atoms with Gasteiger partial charge in [-0.2, -0.15) is 0 Å². The Hall–Kier alpha value is -1.60. The zero-order chi connectivity index (χ0) is 14.8. The number of rotatable bonds is 6. The molecule has 2 N–H and O–H groups in total. The third-order valence-electron chi connectivity index (χ3n) is 3.16. The summed E-state index contributed by atoms with van der Waals surface area (Å²) in [5.74, 6) is 0.207. The molecule has 20 heavy (non-hydrogen) atoms. The summed E-state index contributed by atoms with van der Waals surface area (Å²) in [7, 11) is -2.63. The van der Waals surface area contributed by atoms with Crippen LogP contribution in [0.15, 0.2) is 23.1 Å². The molecule has 0 unspecified atom stereocenters. The highest BCUT2D eigenvalue weighted by Crippen LogP contribution is 2.32. The zero-order valence-corrected chi connectivity index (χ0v) is 12.0. The fourth-order valence-electron chi connectivity index (χ4n) is 1.83. The topological polar surface area (TPSA) is 95.7 Å². The predicted octanol–water partition coefficient (Wildman–Crippen LogP) is 1.30. The van der Waals surface area contributed by atoms with Gasteiger partial charge in [0.05, 0.1) is 19.3 Å². The lowest BCUT2D eigenvalue weighted by atomic mass is 10.2. The maximum Gasteiger partial charge on any atom is 0.338 e. The summed E-state index contributed by atoms with van der Waals surface area (Å²) in [5, 5.41) is 5.09. The first-order valence-electron chi connectivity index (χ1n) is 6.30. The molecule has 1 aliphatic rings. The maximum atomic E-state index is 11.8. The largest absolute Gasteiger partial charge is 0.495 e. The maximum absolute atomic E-state index is 11.8. The first-order valence-corrected chi connectivity index (χ1v) is 7.84. The van der Waals surface area contributed by atoms with Crippen molar-refractivity contribution in [3.63, 3.8) is 0 Å². The van der Waals surface area contributed by atoms with Gasteiger partial charge < -0.3 is 9.47 Å². The van der Waals surface area contributed by atoms with Gasteiger partial charge in [0, 0.05) is 0 Å². The van der Waals surface area contributed by atoms with Crippen LogP contribution in [-0.2, 0) is 14.8 Å². The quantitative estimate of drug-likeness (QED) is 0.799. The summed E-state index contributed by atoms with van der Waals surface area (Å²) in [6.07, 6.45) is 3.23. The molecule has 0 aromatic heterocycles. The van der Waals surface area contributed by atoms with Crippen molar-refractivity contribution in [2.75, 3.05) is 13.7 Å². The highest BCUT2D eigenvalue weighted by molar-refractivity contribution is 7.89. The number of sulfonamides is 1. The first kappa shape index (κ1) is 14.8. The number of hydrogen-bond donors (Lipinski definition) is 1. The van der Waals surface area contributed by atoms with E-state index < -0.39 is 16.0 Å². The average molecular weight is 299 g/mol. The molecule has 6 nitrogen and oxygen atoms in total. The second-order valence-electron chi connectivity index (χ2n) is 4.78. The number of esters is 1. The van der Waals surface area contributed by atoms with E-state index in [2.05, 4.69) is 0 Å². The molecular formula is C13H17NO5S. The van der Waals surface area contributed by atoms with Gasteiger partial charge in [0.2, 0.25) is 10.0 Å². The lowest BCUT2D eigenvalue weighted by molar-refractivity contribution is 0.0494. The number of primary sulfonamides is 1. The Morgan fingerprint density at radius 1 is 1.40 bits per heavy atom. The van der Waals surface area contributed by atoms with Crippen molar-refractivity contribution in [3.05, 3.63) is 23.8 Å². The molecule has 7 heteroatoms. The van der Waals surface area contributed by atoms with Gasteiger partial charge in [0.25, 0.3) is 0 Å². The minimum Gasteiger partial charge on any atom is -0.495 e. The number of ether oxygens (including phenoxy) is 2. The van der Waals surface area contributed by atoms with E-state index in [1.165, 1.54) is 38.2 Å². The van der Waals surface area contributed by atoms with Gasteiger partial charge in [-0.3, -0.25) is 0 Å². The third kappa shape index (κ3) is 3.71. The van der Waals surface area contributed by atoms with E-state index in [-0.39, 0.29) is 16.2 Å². The van der Waals surface area contributed by atoms with E-state index >= 15 is 0 Å². The Labute approximate surface area is 117 Å². The molecule has 0 saturated heterocycles. The molecule has 0 heterocycles. The van der Waals surface area contributed by atoms with Gasteiger partial charge in [-0.15, -0.1) is 0 Å². The molecule has 1 aromatic carbocycles. The van der Waals surface area contributed by atoms with E-state index in [4.69, 9.17) is 14.6 Å². The van der Waals surface area contributed by atoms with E-state index in [1.807, 2.05) is 0 Å². The van der Waals surface area contributed by atoms with Gasteiger partial charge in [0.15, 0.2) is 0 Å². The van der Waals surface area contributed by atoms with Crippen LogP contribution in [0.1, 0.15) is 29.6 Å². The molecule has 1 aliphatic carbocycles. The van der Waals surface area contributed by atoms with Crippen LogP contribution in [0.4, 0.5) is 0 Å². The molecule has 110 valence electrons. The molecule has 0 atom stereocenters. The molecule has 0 aliphatic heterocycles. The zero-order valence-electron chi connectivity index (χ0n) is 11.2. The fraction of sp³-hybridized carbons (Fsp3) is 0.462. The summed E-state index contributed by atoms with van der Waals surface area (Å²) in [4.78, 5) is 11.6. The number of hydrogen-bond acceptors (Lipinski definition) is 5. The molecule has 0 bridgehead atoms. The Morgan fingerprint density at radius 3 is 2.65 bits per heavy atom. The Bertz CT molecular complexity index is 607. The molecular weight excluding hydrogens is 282 g/mol. The van der Waals surface area contributed by atoms with Crippen LogP contribution in [-0.4, -0.2) is 28.1 Å². The van der Waals surface area contributed by atoms with Crippen LogP contribution in [0.25, 0.3) is 0 Å². The van der Waals surface area contributed by atoms with Crippen LogP contribution >= 0.6 is 0 Å². The molecule has 1 saturated carbocycles. The average Bonchev–Trinajstić information content (AvgIpc) is 3.21. The van der Waals surface area contributed by atoms with Crippen molar-refractivity contribution in [1.82, 2.24) is 0 Å². The van der Waals surface area contributed by atoms with Gasteiger partial charge in [-0.25, -0.2) is 18.4 Å². The predicted molar refractivity (Wildman–Crippen MR) is 72.0 cm³/mol. The number of carbonyl (C=O) groups excluding carboxylic acids is 1. The van der Waals surface area contributed by atoms with Gasteiger partial charge >= 0.3 is 5.97 Å². The van der Waals surface area contributed by atoms with Crippen molar-refractivity contribution < 1.29 is 22.7 Å². The first-order chi connectivity index (χ1) is 9.41. The summed E-state index contributed by atoms with van der Waals surface area (Å²) in [6.45, 7) is 0.347. The summed E-state index contributed by atoms with van der Waals surface area (Å²) < 4.78 is 32.9. The van der Waals surface area contributed by atoms with Crippen molar-refractivity contribution in [3.8, 4) is 5.75 Å². The van der Waals surface area contributed by atoms with Gasteiger partial charge in [-0.05, 0) is 30.5 Å². The number of benzene rings is 1. The van der Waals surface area contributed by atoms with E-state index in [0.717, 1.165) is 6.42 Å². The van der Waals surface area contributed by atoms with Crippen LogP contribution in [0.5, 0.6) is 5.75 Å². The Morgan fingerprint density at radius 2 is 2.10 bits per heavy atom. The van der Waals surface area contributed by atoms with Gasteiger partial charge in [0.1, 0.15) is 10.6 Å². The van der Waals surface area contributed by atoms with Gasteiger partial charge in [-0.1, -0.05) is 12.8 Å². The summed E-state index contributed by atoms with van der Waals surface area (Å²) >= 11 is 0. The standard InChI is InChI=1S/C13H17NO5S/c1-18-11-5-4-10(8-12(11)20(14,16)17)13(15)19-7-6-9-2-3-9/h4-5,8-9H,2-3,6-7H2,1H3,(H2,14,16,17). The second kappa shape index (κ2) is 5.80. The molecule has 0 radical (unpaired) electrons. The van der Waals surface area contributed by atoms with Crippen molar-refractivity contribution in [2.24, 2.45) is 11.1 Å². The number of methoxy groups -OCH3 is 1. The Balaban J connectivity index is 2.12. The lowest BCUT2D eigenvalue weighted by Gasteiger charge is -2.09. The van der Waals surface area contributed by atoms with Crippen LogP contribution in [0.3, 0.4) is 0 Å². The number of nitrogens with two attached hydrogens (primary N) is 1. The number of carbonyl (C=O) groups is 1. The monoisotopic (exact) mass is 299 g/mol. The van der Waals surface area contributed by atoms with E-state index in [0.29, 0.717) is 12.5 Å². The highest BCUT2D eigenvalue weighted by atomic mass is 32.2. The van der Waals surface area contributed by atoms with Crippen molar-refractivity contribution in [2.45, 2.75) is 24.2 Å². The molecule has 0 spiro atoms. The molecule has 1 fully saturated rings. The lowest BCUT2D eigenvalue weighted by Crippen LogP contribution is -2.15.